The van der Waals surface area contributed by atoms with E-state index in [9.17, 15) is 9.59 Å². The van der Waals surface area contributed by atoms with Crippen LogP contribution in [0.1, 0.15) is 108 Å². The number of hydrogen-bond donors (Lipinski definition) is 1. The molecule has 5 aromatic carbocycles. The van der Waals surface area contributed by atoms with Crippen LogP contribution in [0.15, 0.2) is 109 Å². The predicted molar refractivity (Wildman–Crippen MR) is 234 cm³/mol. The Morgan fingerprint density at radius 3 is 2.16 bits per heavy atom. The van der Waals surface area contributed by atoms with Gasteiger partial charge < -0.3 is 14.5 Å². The Morgan fingerprint density at radius 2 is 1.40 bits per heavy atom. The van der Waals surface area contributed by atoms with E-state index in [2.05, 4.69) is 89.9 Å². The van der Waals surface area contributed by atoms with E-state index in [1.165, 1.54) is 11.1 Å². The Hall–Kier alpha value is -5.82. The molecule has 0 saturated carbocycles. The van der Waals surface area contributed by atoms with Crippen molar-refractivity contribution in [1.29, 1.82) is 0 Å². The van der Waals surface area contributed by atoms with E-state index >= 15 is 0 Å². The number of hydrogen-bond acceptors (Lipinski definition) is 4. The van der Waals surface area contributed by atoms with Crippen LogP contribution in [0, 0.1) is 13.8 Å². The molecule has 0 bridgehead atoms. The van der Waals surface area contributed by atoms with Crippen LogP contribution in [-0.2, 0) is 20.0 Å². The first-order valence-corrected chi connectivity index (χ1v) is 20.8. The lowest BCUT2D eigenvalue weighted by molar-refractivity contribution is 0.0951. The van der Waals surface area contributed by atoms with E-state index in [1.807, 2.05) is 61.5 Å². The smallest absolute Gasteiger partial charge is 0.251 e. The van der Waals surface area contributed by atoms with E-state index in [4.69, 9.17) is 9.97 Å². The van der Waals surface area contributed by atoms with Gasteiger partial charge in [0.25, 0.3) is 5.91 Å². The molecule has 57 heavy (non-hydrogen) atoms. The first-order chi connectivity index (χ1) is 27.8. The first-order valence-electron chi connectivity index (χ1n) is 20.8. The maximum absolute atomic E-state index is 13.4. The van der Waals surface area contributed by atoms with Crippen LogP contribution in [0.4, 0.5) is 0 Å². The summed E-state index contributed by atoms with van der Waals surface area (Å²) < 4.78 is 4.54. The second-order valence-electron chi connectivity index (χ2n) is 15.5. The van der Waals surface area contributed by atoms with Crippen LogP contribution in [0.3, 0.4) is 0 Å². The molecule has 7 nitrogen and oxygen atoms in total. The van der Waals surface area contributed by atoms with Gasteiger partial charge in [-0.05, 0) is 85.7 Å². The number of nitrogens with zero attached hydrogens (tertiary/aromatic N) is 4. The monoisotopic (exact) mass is 757 g/mol. The minimum atomic E-state index is -0.0335. The third-order valence-electron chi connectivity index (χ3n) is 11.2. The van der Waals surface area contributed by atoms with Gasteiger partial charge >= 0.3 is 0 Å². The topological polar surface area (TPSA) is 81.8 Å². The summed E-state index contributed by atoms with van der Waals surface area (Å²) in [6.45, 7) is 7.75. The highest BCUT2D eigenvalue weighted by molar-refractivity contribution is 6.01. The molecule has 0 spiro atoms. The van der Waals surface area contributed by atoms with E-state index in [0.717, 1.165) is 119 Å². The summed E-state index contributed by atoms with van der Waals surface area (Å²) in [5.41, 5.74) is 12.3. The number of Topliss-reactive ketones (excluding diaryl/α,β-unsaturated/α-hetero) is 1. The highest BCUT2D eigenvalue weighted by Gasteiger charge is 2.18. The molecule has 1 N–H and O–H groups in total. The number of aromatic nitrogens is 4. The lowest BCUT2D eigenvalue weighted by atomic mass is 9.98. The molecular formula is C50H55N5O2. The number of imidazole rings is 2. The second-order valence-corrected chi connectivity index (χ2v) is 15.5. The van der Waals surface area contributed by atoms with E-state index < -0.39 is 0 Å². The average Bonchev–Trinajstić information content (AvgIpc) is 3.75. The van der Waals surface area contributed by atoms with Crippen LogP contribution in [0.2, 0.25) is 0 Å². The third-order valence-corrected chi connectivity index (χ3v) is 11.2. The molecule has 0 radical (unpaired) electrons. The Balaban J connectivity index is 0.942. The number of aryl methyl sites for hydroxylation is 4. The molecule has 2 heterocycles. The van der Waals surface area contributed by atoms with Gasteiger partial charge in [-0.1, -0.05) is 123 Å². The number of carbonyl (C=O) groups is 2. The highest BCUT2D eigenvalue weighted by Crippen LogP contribution is 2.31. The maximum Gasteiger partial charge on any atom is 0.251 e. The summed E-state index contributed by atoms with van der Waals surface area (Å²) in [7, 11) is 2.08. The van der Waals surface area contributed by atoms with E-state index in [0.29, 0.717) is 25.1 Å². The minimum Gasteiger partial charge on any atom is -0.352 e. The molecule has 0 unspecified atom stereocenters. The van der Waals surface area contributed by atoms with Crippen molar-refractivity contribution in [2.45, 2.75) is 91.5 Å². The summed E-state index contributed by atoms with van der Waals surface area (Å²) in [6, 6.07) is 37.1. The van der Waals surface area contributed by atoms with Gasteiger partial charge in [0.1, 0.15) is 11.6 Å². The molecule has 0 aliphatic rings. The van der Waals surface area contributed by atoms with Crippen LogP contribution < -0.4 is 5.32 Å². The zero-order valence-electron chi connectivity index (χ0n) is 34.0. The van der Waals surface area contributed by atoms with Gasteiger partial charge in [0, 0.05) is 49.7 Å². The molecular weight excluding hydrogens is 703 g/mol. The van der Waals surface area contributed by atoms with Crippen molar-refractivity contribution in [2.24, 2.45) is 7.05 Å². The molecule has 7 heteroatoms. The molecule has 1 amide bonds. The van der Waals surface area contributed by atoms with E-state index in [1.54, 1.807) is 0 Å². The fourth-order valence-corrected chi connectivity index (χ4v) is 7.94. The highest BCUT2D eigenvalue weighted by atomic mass is 16.1. The van der Waals surface area contributed by atoms with Crippen molar-refractivity contribution in [1.82, 2.24) is 24.4 Å². The largest absolute Gasteiger partial charge is 0.352 e. The maximum atomic E-state index is 13.4. The summed E-state index contributed by atoms with van der Waals surface area (Å²) in [4.78, 5) is 35.9. The Bertz CT molecular complexity index is 2470. The van der Waals surface area contributed by atoms with Crippen molar-refractivity contribution in [2.75, 3.05) is 6.54 Å². The molecule has 0 atom stereocenters. The molecule has 292 valence electrons. The summed E-state index contributed by atoms with van der Waals surface area (Å²) in [6.07, 6.45) is 10.0. The molecule has 0 aliphatic heterocycles. The number of para-hydroxylation sites is 2. The zero-order valence-corrected chi connectivity index (χ0v) is 34.0. The quantitative estimate of drug-likeness (QED) is 0.0698. The number of ketones is 1. The minimum absolute atomic E-state index is 0.0335. The van der Waals surface area contributed by atoms with Gasteiger partial charge in [-0.25, -0.2) is 9.97 Å². The van der Waals surface area contributed by atoms with Crippen molar-refractivity contribution < 1.29 is 9.59 Å². The van der Waals surface area contributed by atoms with Crippen molar-refractivity contribution in [3.63, 3.8) is 0 Å². The normalized spacial score (nSPS) is 11.4. The Kier molecular flexibility index (Phi) is 12.7. The summed E-state index contributed by atoms with van der Waals surface area (Å²) in [5, 5.41) is 3.17. The summed E-state index contributed by atoms with van der Waals surface area (Å²) in [5.74, 6) is 2.25. The van der Waals surface area contributed by atoms with E-state index in [-0.39, 0.29) is 11.7 Å². The fraction of sp³-hybridized carbons (Fsp3) is 0.320. The number of rotatable bonds is 18. The average molecular weight is 758 g/mol. The number of amides is 1. The number of carbonyl (C=O) groups excluding carboxylic acids is 2. The van der Waals surface area contributed by atoms with Crippen molar-refractivity contribution >= 4 is 33.8 Å². The van der Waals surface area contributed by atoms with Gasteiger partial charge in [0.2, 0.25) is 0 Å². The zero-order chi connectivity index (χ0) is 39.7. The van der Waals surface area contributed by atoms with Gasteiger partial charge in [0.15, 0.2) is 5.78 Å². The van der Waals surface area contributed by atoms with Crippen LogP contribution >= 0.6 is 0 Å². The fourth-order valence-electron chi connectivity index (χ4n) is 7.94. The first kappa shape index (κ1) is 39.4. The SMILES string of the molecule is CCCc1nc2c(C)cc(-c3nc4ccccc4n3C)cc2n1Cc1ccc(-c2ccccc2C(=O)NCCCCCCCCCC(=O)c2ccc(C)cc2)cc1. The van der Waals surface area contributed by atoms with Gasteiger partial charge in [-0.3, -0.25) is 9.59 Å². The standard InChI is InChI=1S/C50H55N5O2/c1-5-17-47-53-48-36(3)32-40(49-52-43-20-14-15-21-44(43)54(49)4)33-45(48)55(47)34-37-25-29-38(30-26-37)41-18-12-13-19-42(41)50(57)51-31-16-10-8-6-7-9-11-22-46(56)39-27-23-35(2)24-28-39/h12-15,18-21,23-30,32-33H,5-11,16-17,22,31,34H2,1-4H3,(H,51,57). The van der Waals surface area contributed by atoms with Gasteiger partial charge in [0.05, 0.1) is 22.1 Å². The Morgan fingerprint density at radius 1 is 0.702 bits per heavy atom. The number of benzene rings is 5. The molecule has 2 aromatic heterocycles. The number of nitrogens with one attached hydrogen (secondary N) is 1. The molecule has 7 rings (SSSR count). The lowest BCUT2D eigenvalue weighted by Gasteiger charge is -2.13. The third kappa shape index (κ3) is 9.26. The van der Waals surface area contributed by atoms with Crippen LogP contribution in [0.5, 0.6) is 0 Å². The molecule has 0 fully saturated rings. The number of unbranched alkanes of at least 4 members (excludes halogenated alkanes) is 6. The van der Waals surface area contributed by atoms with Gasteiger partial charge in [-0.15, -0.1) is 0 Å². The van der Waals surface area contributed by atoms with Crippen molar-refractivity contribution in [3.05, 3.63) is 143 Å². The molecule has 7 aromatic rings. The lowest BCUT2D eigenvalue weighted by Crippen LogP contribution is -2.25. The van der Waals surface area contributed by atoms with Crippen molar-refractivity contribution in [3.8, 4) is 22.5 Å². The second kappa shape index (κ2) is 18.4. The summed E-state index contributed by atoms with van der Waals surface area (Å²) >= 11 is 0. The number of fused-ring (bicyclic) bond motifs is 2. The van der Waals surface area contributed by atoms with Crippen LogP contribution in [-0.4, -0.2) is 37.3 Å². The van der Waals surface area contributed by atoms with Gasteiger partial charge in [-0.2, -0.15) is 0 Å². The Labute approximate surface area is 337 Å². The predicted octanol–water partition coefficient (Wildman–Crippen LogP) is 11.6. The molecule has 0 aliphatic carbocycles. The molecule has 0 saturated heterocycles. The van der Waals surface area contributed by atoms with Crippen LogP contribution in [0.25, 0.3) is 44.6 Å².